The number of carbonyl (C=O) groups excluding carboxylic acids is 1. The summed E-state index contributed by atoms with van der Waals surface area (Å²) in [7, 11) is 0. The van der Waals surface area contributed by atoms with Crippen LogP contribution in [0.2, 0.25) is 0 Å². The number of hydrogen-bond acceptors (Lipinski definition) is 4. The van der Waals surface area contributed by atoms with Gasteiger partial charge in [-0.05, 0) is 89.9 Å². The van der Waals surface area contributed by atoms with E-state index < -0.39 is 6.10 Å². The van der Waals surface area contributed by atoms with Crippen LogP contribution in [0.15, 0.2) is 97.2 Å². The van der Waals surface area contributed by atoms with Gasteiger partial charge in [-0.2, -0.15) is 0 Å². The summed E-state index contributed by atoms with van der Waals surface area (Å²) in [6.45, 7) is 5.05. The van der Waals surface area contributed by atoms with Gasteiger partial charge in [0, 0.05) is 13.0 Å². The average molecular weight is 651 g/mol. The predicted molar refractivity (Wildman–Crippen MR) is 205 cm³/mol. The van der Waals surface area contributed by atoms with Gasteiger partial charge in [0.25, 0.3) is 0 Å². The lowest BCUT2D eigenvalue weighted by molar-refractivity contribution is -0.154. The molecule has 0 aliphatic rings. The maximum absolute atomic E-state index is 12.1. The molecule has 0 aromatic rings. The third kappa shape index (κ3) is 37.6. The van der Waals surface area contributed by atoms with Gasteiger partial charge in [-0.15, -0.1) is 0 Å². The molecule has 0 aliphatic carbocycles. The first-order valence-electron chi connectivity index (χ1n) is 18.8. The predicted octanol–water partition coefficient (Wildman–Crippen LogP) is 12.2. The minimum absolute atomic E-state index is 0.198. The summed E-state index contributed by atoms with van der Waals surface area (Å²) < 4.78 is 11.1. The molecule has 0 saturated heterocycles. The van der Waals surface area contributed by atoms with E-state index in [-0.39, 0.29) is 19.2 Å². The first kappa shape index (κ1) is 44.3. The highest BCUT2D eigenvalue weighted by atomic mass is 16.6. The minimum atomic E-state index is -0.565. The summed E-state index contributed by atoms with van der Waals surface area (Å²) in [4.78, 5) is 12.1. The second-order valence-electron chi connectivity index (χ2n) is 11.9. The number of aliphatic hydroxyl groups excluding tert-OH is 1. The van der Waals surface area contributed by atoms with Gasteiger partial charge in [0.2, 0.25) is 0 Å². The van der Waals surface area contributed by atoms with E-state index >= 15 is 0 Å². The molecule has 1 atom stereocenters. The van der Waals surface area contributed by atoms with Crippen molar-refractivity contribution in [3.63, 3.8) is 0 Å². The highest BCUT2D eigenvalue weighted by Gasteiger charge is 2.13. The Labute approximate surface area is 290 Å². The van der Waals surface area contributed by atoms with E-state index in [0.717, 1.165) is 96.3 Å². The lowest BCUT2D eigenvalue weighted by Gasteiger charge is -2.15. The molecule has 0 radical (unpaired) electrons. The Morgan fingerprint density at radius 2 is 0.957 bits per heavy atom. The molecule has 0 bridgehead atoms. The third-order valence-electron chi connectivity index (χ3n) is 7.37. The molecule has 4 heteroatoms. The van der Waals surface area contributed by atoms with Crippen LogP contribution in [-0.2, 0) is 14.3 Å². The number of hydrogen-bond donors (Lipinski definition) is 1. The maximum atomic E-state index is 12.1. The number of unbranched alkanes of at least 4 members (excludes halogenated alkanes) is 9. The molecule has 0 amide bonds. The van der Waals surface area contributed by atoms with Gasteiger partial charge >= 0.3 is 5.97 Å². The molecule has 1 unspecified atom stereocenters. The summed E-state index contributed by atoms with van der Waals surface area (Å²) in [6, 6.07) is 0. The van der Waals surface area contributed by atoms with E-state index in [0.29, 0.717) is 13.0 Å². The molecule has 0 aromatic carbocycles. The Kier molecular flexibility index (Phi) is 37.2. The molecule has 0 spiro atoms. The standard InChI is InChI=1S/C43H70O4/c1-3-5-7-9-11-13-15-17-18-19-20-21-22-23-24-25-27-29-31-33-35-37-39-46-41-42(40-44)47-43(45)38-36-34-32-30-28-26-16-14-12-10-8-6-4-2/h5,7-8,10-11,13-14,16-18,20-21,23-24,27,29,42,44H,3-4,6,9,12,15,19,22,25-26,28,30-41H2,1-2H3/b7-5-,10-8-,13-11-,16-14-,18-17-,21-20-,24-23-,29-27-. The van der Waals surface area contributed by atoms with Crippen molar-refractivity contribution < 1.29 is 19.4 Å². The summed E-state index contributed by atoms with van der Waals surface area (Å²) in [6.07, 6.45) is 55.9. The molecular weight excluding hydrogens is 580 g/mol. The minimum Gasteiger partial charge on any atom is -0.457 e. The van der Waals surface area contributed by atoms with Crippen LogP contribution in [0.1, 0.15) is 142 Å². The van der Waals surface area contributed by atoms with Crippen molar-refractivity contribution >= 4 is 5.97 Å². The first-order valence-corrected chi connectivity index (χ1v) is 18.8. The van der Waals surface area contributed by atoms with Crippen molar-refractivity contribution in [1.82, 2.24) is 0 Å². The molecule has 4 nitrogen and oxygen atoms in total. The maximum Gasteiger partial charge on any atom is 0.306 e. The van der Waals surface area contributed by atoms with Crippen LogP contribution in [-0.4, -0.2) is 37.0 Å². The van der Waals surface area contributed by atoms with Crippen molar-refractivity contribution in [2.75, 3.05) is 19.8 Å². The monoisotopic (exact) mass is 651 g/mol. The largest absolute Gasteiger partial charge is 0.457 e. The van der Waals surface area contributed by atoms with Crippen LogP contribution in [0.3, 0.4) is 0 Å². The highest BCUT2D eigenvalue weighted by Crippen LogP contribution is 2.10. The van der Waals surface area contributed by atoms with Crippen LogP contribution >= 0.6 is 0 Å². The third-order valence-corrected chi connectivity index (χ3v) is 7.37. The molecule has 0 saturated carbocycles. The lowest BCUT2D eigenvalue weighted by Crippen LogP contribution is -2.27. The number of carbonyl (C=O) groups is 1. The van der Waals surface area contributed by atoms with Gasteiger partial charge in [0.15, 0.2) is 0 Å². The molecule has 266 valence electrons. The summed E-state index contributed by atoms with van der Waals surface area (Å²) >= 11 is 0. The van der Waals surface area contributed by atoms with Crippen molar-refractivity contribution in [3.8, 4) is 0 Å². The van der Waals surface area contributed by atoms with Crippen LogP contribution < -0.4 is 0 Å². The quantitative estimate of drug-likeness (QED) is 0.0436. The highest BCUT2D eigenvalue weighted by molar-refractivity contribution is 5.69. The fourth-order valence-electron chi connectivity index (χ4n) is 4.60. The van der Waals surface area contributed by atoms with Crippen LogP contribution in [0.25, 0.3) is 0 Å². The van der Waals surface area contributed by atoms with Gasteiger partial charge in [0.05, 0.1) is 13.2 Å². The smallest absolute Gasteiger partial charge is 0.306 e. The Hall–Kier alpha value is -2.69. The summed E-state index contributed by atoms with van der Waals surface area (Å²) in [5, 5.41) is 9.55. The molecule has 0 aromatic heterocycles. The van der Waals surface area contributed by atoms with Gasteiger partial charge in [-0.25, -0.2) is 0 Å². The van der Waals surface area contributed by atoms with Crippen molar-refractivity contribution in [2.45, 2.75) is 148 Å². The molecule has 0 aliphatic heterocycles. The fourth-order valence-corrected chi connectivity index (χ4v) is 4.60. The SMILES string of the molecule is CC/C=C\C/C=C\C/C=C\C/C=C\C/C=C\C/C=C\CCCCCOCC(CO)OC(=O)CCCCCCC/C=C\C/C=C\CCC. The zero-order valence-corrected chi connectivity index (χ0v) is 30.3. The van der Waals surface area contributed by atoms with E-state index in [1.54, 1.807) is 0 Å². The Morgan fingerprint density at radius 3 is 1.45 bits per heavy atom. The second-order valence-corrected chi connectivity index (χ2v) is 11.9. The Morgan fingerprint density at radius 1 is 0.532 bits per heavy atom. The van der Waals surface area contributed by atoms with Gasteiger partial charge in [-0.3, -0.25) is 4.79 Å². The van der Waals surface area contributed by atoms with E-state index in [2.05, 4.69) is 111 Å². The van der Waals surface area contributed by atoms with Gasteiger partial charge in [0.1, 0.15) is 6.10 Å². The average Bonchev–Trinajstić information content (AvgIpc) is 3.08. The van der Waals surface area contributed by atoms with Crippen LogP contribution in [0, 0.1) is 0 Å². The van der Waals surface area contributed by atoms with Gasteiger partial charge < -0.3 is 14.6 Å². The summed E-state index contributed by atoms with van der Waals surface area (Å²) in [5.74, 6) is -0.233. The molecule has 1 N–H and O–H groups in total. The summed E-state index contributed by atoms with van der Waals surface area (Å²) in [5.41, 5.74) is 0. The molecule has 0 fully saturated rings. The number of esters is 1. The Balaban J connectivity index is 3.60. The van der Waals surface area contributed by atoms with Crippen LogP contribution in [0.5, 0.6) is 0 Å². The zero-order chi connectivity index (χ0) is 34.1. The number of allylic oxidation sites excluding steroid dienone is 16. The topological polar surface area (TPSA) is 55.8 Å². The van der Waals surface area contributed by atoms with Crippen LogP contribution in [0.4, 0.5) is 0 Å². The number of ether oxygens (including phenoxy) is 2. The molecule has 47 heavy (non-hydrogen) atoms. The van der Waals surface area contributed by atoms with E-state index in [9.17, 15) is 9.90 Å². The van der Waals surface area contributed by atoms with Gasteiger partial charge in [-0.1, -0.05) is 143 Å². The molecular formula is C43H70O4. The number of rotatable bonds is 33. The van der Waals surface area contributed by atoms with Crippen molar-refractivity contribution in [3.05, 3.63) is 97.2 Å². The van der Waals surface area contributed by atoms with Crippen molar-refractivity contribution in [2.24, 2.45) is 0 Å². The van der Waals surface area contributed by atoms with Crippen molar-refractivity contribution in [1.29, 1.82) is 0 Å². The molecule has 0 heterocycles. The second kappa shape index (κ2) is 39.5. The molecule has 0 rings (SSSR count). The lowest BCUT2D eigenvalue weighted by atomic mass is 10.1. The normalized spacial score (nSPS) is 13.5. The number of aliphatic hydroxyl groups is 1. The van der Waals surface area contributed by atoms with E-state index in [4.69, 9.17) is 9.47 Å². The van der Waals surface area contributed by atoms with E-state index in [1.807, 2.05) is 0 Å². The zero-order valence-electron chi connectivity index (χ0n) is 30.3. The first-order chi connectivity index (χ1) is 23.2. The Bertz CT molecular complexity index is 903. The van der Waals surface area contributed by atoms with E-state index in [1.165, 1.54) is 25.7 Å². The fraction of sp³-hybridized carbons (Fsp3) is 0.605.